The van der Waals surface area contributed by atoms with E-state index in [4.69, 9.17) is 9.84 Å². The quantitative estimate of drug-likeness (QED) is 0.492. The van der Waals surface area contributed by atoms with Gasteiger partial charge in [-0.1, -0.05) is 18.2 Å². The Kier molecular flexibility index (Phi) is 5.78. The van der Waals surface area contributed by atoms with Crippen molar-refractivity contribution in [2.45, 2.75) is 56.9 Å². The van der Waals surface area contributed by atoms with Gasteiger partial charge in [0, 0.05) is 17.4 Å². The van der Waals surface area contributed by atoms with Gasteiger partial charge in [0.05, 0.1) is 23.6 Å². The van der Waals surface area contributed by atoms with Crippen LogP contribution in [-0.2, 0) is 14.9 Å². The highest BCUT2D eigenvalue weighted by atomic mass is 32.1. The van der Waals surface area contributed by atoms with Crippen LogP contribution in [0, 0.1) is 17.8 Å². The van der Waals surface area contributed by atoms with Crippen LogP contribution in [0.25, 0.3) is 5.69 Å². The maximum atomic E-state index is 13.5. The van der Waals surface area contributed by atoms with Crippen molar-refractivity contribution in [1.29, 1.82) is 0 Å². The minimum atomic E-state index is -0.782. The van der Waals surface area contributed by atoms with Crippen LogP contribution in [0.15, 0.2) is 36.5 Å². The lowest BCUT2D eigenvalue weighted by atomic mass is 9.48. The number of thiol groups is 1. The molecule has 1 N–H and O–H groups in total. The molecule has 4 saturated carbocycles. The van der Waals surface area contributed by atoms with E-state index in [0.29, 0.717) is 5.56 Å². The molecule has 0 unspecified atom stereocenters. The van der Waals surface area contributed by atoms with Crippen LogP contribution >= 0.6 is 12.6 Å². The highest BCUT2D eigenvalue weighted by molar-refractivity contribution is 7.80. The fourth-order valence-corrected chi connectivity index (χ4v) is 6.94. The molecule has 1 atom stereocenters. The first kappa shape index (κ1) is 21.6. The average molecular weight is 454 g/mol. The largest absolute Gasteiger partial charge is 0.464 e. The van der Waals surface area contributed by atoms with Gasteiger partial charge in [-0.15, -0.1) is 0 Å². The molecule has 1 aromatic carbocycles. The summed E-state index contributed by atoms with van der Waals surface area (Å²) in [6, 6.07) is 9.12. The van der Waals surface area contributed by atoms with Gasteiger partial charge >= 0.3 is 5.97 Å². The molecule has 2 aromatic rings. The molecule has 1 heterocycles. The Bertz CT molecular complexity index is 968. The van der Waals surface area contributed by atoms with Crippen LogP contribution in [0.5, 0.6) is 0 Å². The molecule has 4 fully saturated rings. The van der Waals surface area contributed by atoms with Gasteiger partial charge in [-0.25, -0.2) is 9.48 Å². The zero-order valence-corrected chi connectivity index (χ0v) is 19.4. The second kappa shape index (κ2) is 8.58. The zero-order chi connectivity index (χ0) is 22.3. The second-order valence-corrected chi connectivity index (χ2v) is 10.2. The van der Waals surface area contributed by atoms with Crippen molar-refractivity contribution in [1.82, 2.24) is 15.1 Å². The number of esters is 1. The van der Waals surface area contributed by atoms with Crippen LogP contribution in [-0.4, -0.2) is 40.1 Å². The van der Waals surface area contributed by atoms with Gasteiger partial charge in [-0.05, 0) is 75.3 Å². The van der Waals surface area contributed by atoms with Crippen molar-refractivity contribution in [3.05, 3.63) is 47.8 Å². The Morgan fingerprint density at radius 3 is 2.34 bits per heavy atom. The van der Waals surface area contributed by atoms with Gasteiger partial charge in [0.2, 0.25) is 0 Å². The number of aromatic nitrogens is 2. The van der Waals surface area contributed by atoms with E-state index in [1.54, 1.807) is 6.92 Å². The first-order valence-corrected chi connectivity index (χ1v) is 12.4. The summed E-state index contributed by atoms with van der Waals surface area (Å²) in [5, 5.41) is 7.89. The Morgan fingerprint density at radius 1 is 1.16 bits per heavy atom. The van der Waals surface area contributed by atoms with E-state index >= 15 is 0 Å². The van der Waals surface area contributed by atoms with Gasteiger partial charge in [0.25, 0.3) is 5.91 Å². The molecule has 0 saturated heterocycles. The van der Waals surface area contributed by atoms with Crippen LogP contribution in [0.1, 0.15) is 61.5 Å². The highest BCUT2D eigenvalue weighted by Gasteiger charge is 2.54. The maximum absolute atomic E-state index is 13.5. The van der Waals surface area contributed by atoms with Crippen LogP contribution in [0.2, 0.25) is 0 Å². The summed E-state index contributed by atoms with van der Waals surface area (Å²) in [5.41, 5.74) is 2.36. The number of amides is 1. The minimum absolute atomic E-state index is 0.0398. The third-order valence-corrected chi connectivity index (χ3v) is 7.94. The number of rotatable bonds is 7. The Hall–Kier alpha value is -2.28. The monoisotopic (exact) mass is 453 g/mol. The number of nitrogens with zero attached hydrogens (tertiary/aromatic N) is 2. The van der Waals surface area contributed by atoms with E-state index in [9.17, 15) is 9.59 Å². The van der Waals surface area contributed by atoms with Crippen LogP contribution in [0.3, 0.4) is 0 Å². The normalized spacial score (nSPS) is 29.0. The average Bonchev–Trinajstić information content (AvgIpc) is 3.24. The van der Waals surface area contributed by atoms with E-state index in [1.165, 1.54) is 19.3 Å². The molecule has 170 valence electrons. The summed E-state index contributed by atoms with van der Waals surface area (Å²) < 4.78 is 6.94. The topological polar surface area (TPSA) is 73.2 Å². The summed E-state index contributed by atoms with van der Waals surface area (Å²) in [6.07, 6.45) is 9.14. The number of hydrogen-bond donors (Lipinski definition) is 2. The van der Waals surface area contributed by atoms with E-state index in [0.717, 1.165) is 48.4 Å². The van der Waals surface area contributed by atoms with E-state index in [-0.39, 0.29) is 23.7 Å². The number of ether oxygens (including phenoxy) is 1. The fraction of sp³-hybridized carbons (Fsp3) is 0.560. The van der Waals surface area contributed by atoms with Crippen LogP contribution in [0.4, 0.5) is 0 Å². The summed E-state index contributed by atoms with van der Waals surface area (Å²) >= 11 is 4.26. The third kappa shape index (κ3) is 3.85. The fourth-order valence-electron chi connectivity index (χ4n) is 6.70. The molecule has 4 aliphatic carbocycles. The SMILES string of the molecule is CCOC(=O)[C@H](CS)NC(=O)c1cn(-c2ccccc2)nc1C12CC3CC(CC(C3)C1)C2. The van der Waals surface area contributed by atoms with Gasteiger partial charge in [-0.2, -0.15) is 17.7 Å². The van der Waals surface area contributed by atoms with E-state index in [2.05, 4.69) is 17.9 Å². The standard InChI is InChI=1S/C25H31N3O3S/c1-2-31-24(30)21(15-32)26-23(29)20-14-28(19-6-4-3-5-7-19)27-22(20)25-11-16-8-17(12-25)10-18(9-16)13-25/h3-7,14,16-18,21,32H,2,8-13,15H2,1H3,(H,26,29)/t16?,17?,18?,21-,25?/m0/s1. The summed E-state index contributed by atoms with van der Waals surface area (Å²) in [5.74, 6) is 1.67. The summed E-state index contributed by atoms with van der Waals surface area (Å²) in [6.45, 7) is 2.02. The molecule has 0 radical (unpaired) electrons. The van der Waals surface area contributed by atoms with Crippen molar-refractivity contribution in [2.24, 2.45) is 17.8 Å². The first-order chi connectivity index (χ1) is 15.5. The molecule has 0 aliphatic heterocycles. The van der Waals surface area contributed by atoms with Gasteiger partial charge < -0.3 is 10.1 Å². The molecular formula is C25H31N3O3S. The summed E-state index contributed by atoms with van der Waals surface area (Å²) in [7, 11) is 0. The molecule has 32 heavy (non-hydrogen) atoms. The lowest BCUT2D eigenvalue weighted by molar-refractivity contribution is -0.144. The number of carbonyl (C=O) groups excluding carboxylic acids is 2. The van der Waals surface area contributed by atoms with Gasteiger partial charge in [0.15, 0.2) is 0 Å². The third-order valence-electron chi connectivity index (χ3n) is 7.58. The lowest BCUT2D eigenvalue weighted by Crippen LogP contribution is -2.50. The summed E-state index contributed by atoms with van der Waals surface area (Å²) in [4.78, 5) is 25.7. The van der Waals surface area contributed by atoms with E-state index in [1.807, 2.05) is 41.2 Å². The highest BCUT2D eigenvalue weighted by Crippen LogP contribution is 2.60. The molecule has 4 bridgehead atoms. The predicted molar refractivity (Wildman–Crippen MR) is 125 cm³/mol. The minimum Gasteiger partial charge on any atom is -0.464 e. The van der Waals surface area contributed by atoms with Crippen LogP contribution < -0.4 is 5.32 Å². The van der Waals surface area contributed by atoms with Crippen molar-refractivity contribution >= 4 is 24.5 Å². The Balaban J connectivity index is 1.52. The second-order valence-electron chi connectivity index (χ2n) is 9.83. The molecule has 1 aromatic heterocycles. The molecule has 6 nitrogen and oxygen atoms in total. The molecule has 4 aliphatic rings. The smallest absolute Gasteiger partial charge is 0.329 e. The van der Waals surface area contributed by atoms with E-state index < -0.39 is 12.0 Å². The van der Waals surface area contributed by atoms with Crippen molar-refractivity contribution < 1.29 is 14.3 Å². The lowest BCUT2D eigenvalue weighted by Gasteiger charge is -2.56. The van der Waals surface area contributed by atoms with Crippen molar-refractivity contribution in [3.63, 3.8) is 0 Å². The Morgan fingerprint density at radius 2 is 1.78 bits per heavy atom. The maximum Gasteiger partial charge on any atom is 0.329 e. The van der Waals surface area contributed by atoms with Crippen molar-refractivity contribution in [2.75, 3.05) is 12.4 Å². The number of benzene rings is 1. The Labute approximate surface area is 194 Å². The zero-order valence-electron chi connectivity index (χ0n) is 18.5. The number of nitrogens with one attached hydrogen (secondary N) is 1. The molecule has 7 heteroatoms. The predicted octanol–water partition coefficient (Wildman–Crippen LogP) is 3.93. The first-order valence-electron chi connectivity index (χ1n) is 11.7. The van der Waals surface area contributed by atoms with Gasteiger partial charge in [0.1, 0.15) is 6.04 Å². The molecule has 1 amide bonds. The number of para-hydroxylation sites is 1. The molecule has 6 rings (SSSR count). The number of hydrogen-bond acceptors (Lipinski definition) is 5. The van der Waals surface area contributed by atoms with Crippen molar-refractivity contribution in [3.8, 4) is 5.69 Å². The molecular weight excluding hydrogens is 422 g/mol. The number of carbonyl (C=O) groups is 2. The molecule has 0 spiro atoms. The van der Waals surface area contributed by atoms with Gasteiger partial charge in [-0.3, -0.25) is 4.79 Å².